The Kier molecular flexibility index (Phi) is 6.10. The highest BCUT2D eigenvalue weighted by Gasteiger charge is 2.22. The summed E-state index contributed by atoms with van der Waals surface area (Å²) < 4.78 is 4.85. The summed E-state index contributed by atoms with van der Waals surface area (Å²) in [6.07, 6.45) is 0.769. The van der Waals surface area contributed by atoms with Gasteiger partial charge in [0.1, 0.15) is 11.7 Å². The zero-order valence-corrected chi connectivity index (χ0v) is 11.4. The normalized spacial score (nSPS) is 11.4. The summed E-state index contributed by atoms with van der Waals surface area (Å²) in [6.45, 7) is 0.404. The number of anilines is 1. The molecule has 0 aliphatic carbocycles. The summed E-state index contributed by atoms with van der Waals surface area (Å²) in [5, 5.41) is 31.5. The van der Waals surface area contributed by atoms with Crippen LogP contribution in [0.25, 0.3) is 0 Å². The Morgan fingerprint density at radius 1 is 1.62 bits per heavy atom. The minimum atomic E-state index is -1.11. The lowest BCUT2D eigenvalue weighted by atomic mass is 10.1. The highest BCUT2D eigenvalue weighted by molar-refractivity contribution is 5.79. The molecule has 0 bridgehead atoms. The molecule has 0 saturated carbocycles. The van der Waals surface area contributed by atoms with Gasteiger partial charge in [-0.25, -0.2) is 4.79 Å². The fraction of sp³-hybridized carbons (Fsp3) is 0.385. The van der Waals surface area contributed by atoms with Crippen LogP contribution in [0.1, 0.15) is 18.4 Å². The van der Waals surface area contributed by atoms with Crippen LogP contribution in [-0.4, -0.2) is 35.8 Å². The topological polar surface area (TPSA) is 125 Å². The van der Waals surface area contributed by atoms with Gasteiger partial charge in [-0.1, -0.05) is 0 Å². The predicted octanol–water partition coefficient (Wildman–Crippen LogP) is 1.76. The Morgan fingerprint density at radius 3 is 2.86 bits per heavy atom. The molecule has 0 aromatic heterocycles. The maximum Gasteiger partial charge on any atom is 0.326 e. The van der Waals surface area contributed by atoms with Crippen molar-refractivity contribution in [2.75, 3.05) is 19.0 Å². The highest BCUT2D eigenvalue weighted by Crippen LogP contribution is 2.26. The third-order valence-electron chi connectivity index (χ3n) is 2.79. The minimum Gasteiger partial charge on any atom is -0.480 e. The fourth-order valence-electron chi connectivity index (χ4n) is 1.75. The van der Waals surface area contributed by atoms with Crippen LogP contribution in [0.4, 0.5) is 11.4 Å². The van der Waals surface area contributed by atoms with E-state index in [9.17, 15) is 14.9 Å². The number of hydrogen-bond acceptors (Lipinski definition) is 6. The molecule has 0 aliphatic heterocycles. The van der Waals surface area contributed by atoms with E-state index in [4.69, 9.17) is 15.1 Å². The van der Waals surface area contributed by atoms with Crippen LogP contribution in [0.15, 0.2) is 18.2 Å². The first-order valence-electron chi connectivity index (χ1n) is 6.16. The smallest absolute Gasteiger partial charge is 0.326 e. The number of nitro groups is 1. The molecule has 1 aromatic rings. The Hall–Kier alpha value is -2.66. The van der Waals surface area contributed by atoms with Crippen LogP contribution in [0.5, 0.6) is 0 Å². The number of nitriles is 1. The van der Waals surface area contributed by atoms with Gasteiger partial charge in [0.2, 0.25) is 0 Å². The van der Waals surface area contributed by atoms with E-state index in [1.165, 1.54) is 19.2 Å². The zero-order chi connectivity index (χ0) is 15.8. The number of nitro benzene ring substituents is 1. The molecule has 0 aliphatic rings. The first-order chi connectivity index (χ1) is 9.99. The van der Waals surface area contributed by atoms with Gasteiger partial charge in [-0.05, 0) is 25.0 Å². The quantitative estimate of drug-likeness (QED) is 0.425. The Balaban J connectivity index is 2.95. The van der Waals surface area contributed by atoms with Crippen molar-refractivity contribution >= 4 is 17.3 Å². The lowest BCUT2D eigenvalue weighted by Crippen LogP contribution is -2.29. The van der Waals surface area contributed by atoms with Gasteiger partial charge >= 0.3 is 5.97 Å². The van der Waals surface area contributed by atoms with Crippen molar-refractivity contribution < 1.29 is 19.6 Å². The van der Waals surface area contributed by atoms with Crippen LogP contribution in [0, 0.1) is 21.4 Å². The van der Waals surface area contributed by atoms with E-state index in [0.717, 1.165) is 6.07 Å². The number of carboxylic acids is 1. The molecule has 112 valence electrons. The standard InChI is InChI=1S/C13H15N3O5/c1-21-6-2-3-11(13(17)18)15-10-5-4-9(8-14)7-12(10)16(19)20/h4-5,7,11,15H,2-3,6H2,1H3,(H,17,18). The van der Waals surface area contributed by atoms with Crippen molar-refractivity contribution in [2.45, 2.75) is 18.9 Å². The van der Waals surface area contributed by atoms with Crippen molar-refractivity contribution in [1.82, 2.24) is 0 Å². The first-order valence-corrected chi connectivity index (χ1v) is 6.16. The van der Waals surface area contributed by atoms with Gasteiger partial charge in [0.25, 0.3) is 5.69 Å². The summed E-state index contributed by atoms with van der Waals surface area (Å²) in [6, 6.07) is 4.67. The second kappa shape index (κ2) is 7.81. The fourth-order valence-corrected chi connectivity index (χ4v) is 1.75. The van der Waals surface area contributed by atoms with Crippen molar-refractivity contribution in [1.29, 1.82) is 5.26 Å². The van der Waals surface area contributed by atoms with Crippen LogP contribution < -0.4 is 5.32 Å². The van der Waals surface area contributed by atoms with Gasteiger partial charge in [0.05, 0.1) is 16.6 Å². The molecule has 1 atom stereocenters. The summed E-state index contributed by atoms with van der Waals surface area (Å²) in [4.78, 5) is 21.5. The Morgan fingerprint density at radius 2 is 2.33 bits per heavy atom. The van der Waals surface area contributed by atoms with E-state index >= 15 is 0 Å². The van der Waals surface area contributed by atoms with E-state index in [1.807, 2.05) is 0 Å². The van der Waals surface area contributed by atoms with Crippen molar-refractivity contribution in [2.24, 2.45) is 0 Å². The van der Waals surface area contributed by atoms with Gasteiger partial charge in [-0.2, -0.15) is 5.26 Å². The summed E-state index contributed by atoms with van der Waals surface area (Å²) >= 11 is 0. The molecule has 1 aromatic carbocycles. The molecule has 0 saturated heterocycles. The third kappa shape index (κ3) is 4.74. The molecule has 0 heterocycles. The largest absolute Gasteiger partial charge is 0.480 e. The molecule has 1 unspecified atom stereocenters. The third-order valence-corrected chi connectivity index (χ3v) is 2.79. The van der Waals surface area contributed by atoms with Crippen molar-refractivity contribution in [3.63, 3.8) is 0 Å². The van der Waals surface area contributed by atoms with Gasteiger partial charge in [-0.15, -0.1) is 0 Å². The molecule has 0 spiro atoms. The Bertz CT molecular complexity index is 567. The number of hydrogen-bond donors (Lipinski definition) is 2. The molecule has 21 heavy (non-hydrogen) atoms. The van der Waals surface area contributed by atoms with Crippen molar-refractivity contribution in [3.8, 4) is 6.07 Å². The summed E-state index contributed by atoms with van der Waals surface area (Å²) in [5.41, 5.74) is -0.116. The Labute approximate surface area is 121 Å². The van der Waals surface area contributed by atoms with E-state index in [-0.39, 0.29) is 23.4 Å². The maximum absolute atomic E-state index is 11.2. The van der Waals surface area contributed by atoms with Crippen LogP contribution in [-0.2, 0) is 9.53 Å². The van der Waals surface area contributed by atoms with Gasteiger partial charge in [-0.3, -0.25) is 10.1 Å². The molecule has 8 nitrogen and oxygen atoms in total. The van der Waals surface area contributed by atoms with Gasteiger partial charge < -0.3 is 15.2 Å². The zero-order valence-electron chi connectivity index (χ0n) is 11.4. The molecule has 0 fully saturated rings. The number of nitrogens with zero attached hydrogens (tertiary/aromatic N) is 2. The lowest BCUT2D eigenvalue weighted by molar-refractivity contribution is -0.384. The minimum absolute atomic E-state index is 0.0730. The van der Waals surface area contributed by atoms with Crippen LogP contribution in [0.2, 0.25) is 0 Å². The monoisotopic (exact) mass is 293 g/mol. The molecular formula is C13H15N3O5. The number of benzene rings is 1. The molecule has 1 rings (SSSR count). The van der Waals surface area contributed by atoms with Crippen molar-refractivity contribution in [3.05, 3.63) is 33.9 Å². The number of aliphatic carboxylic acids is 1. The second-order valence-corrected chi connectivity index (χ2v) is 4.27. The van der Waals surface area contributed by atoms with E-state index in [0.29, 0.717) is 13.0 Å². The number of nitrogens with one attached hydrogen (secondary N) is 1. The molecule has 0 radical (unpaired) electrons. The van der Waals surface area contributed by atoms with E-state index < -0.39 is 16.9 Å². The van der Waals surface area contributed by atoms with Gasteiger partial charge in [0, 0.05) is 19.8 Å². The van der Waals surface area contributed by atoms with Crippen LogP contribution >= 0.6 is 0 Å². The molecule has 0 amide bonds. The maximum atomic E-state index is 11.2. The second-order valence-electron chi connectivity index (χ2n) is 4.27. The van der Waals surface area contributed by atoms with E-state index in [2.05, 4.69) is 5.32 Å². The number of carboxylic acid groups (broad SMARTS) is 1. The SMILES string of the molecule is COCCCC(Nc1ccc(C#N)cc1[N+](=O)[O-])C(=O)O. The highest BCUT2D eigenvalue weighted by atomic mass is 16.6. The summed E-state index contributed by atoms with van der Waals surface area (Å²) in [5.74, 6) is -1.11. The molecule has 8 heteroatoms. The number of rotatable bonds is 8. The van der Waals surface area contributed by atoms with Crippen LogP contribution in [0.3, 0.4) is 0 Å². The predicted molar refractivity (Wildman–Crippen MR) is 74.0 cm³/mol. The lowest BCUT2D eigenvalue weighted by Gasteiger charge is -2.15. The number of carbonyl (C=O) groups is 1. The summed E-state index contributed by atoms with van der Waals surface area (Å²) in [7, 11) is 1.51. The van der Waals surface area contributed by atoms with E-state index in [1.54, 1.807) is 6.07 Å². The molecule has 2 N–H and O–H groups in total. The molecular weight excluding hydrogens is 278 g/mol. The van der Waals surface area contributed by atoms with Gasteiger partial charge in [0.15, 0.2) is 0 Å². The average Bonchev–Trinajstić information content (AvgIpc) is 2.46. The first kappa shape index (κ1) is 16.4. The average molecular weight is 293 g/mol. The number of methoxy groups -OCH3 is 1. The number of ether oxygens (including phenoxy) is 1.